The second kappa shape index (κ2) is 6.51. The average Bonchev–Trinajstić information content (AvgIpc) is 2.89. The number of aromatic nitrogens is 3. The van der Waals surface area contributed by atoms with Gasteiger partial charge in [-0.2, -0.15) is 10.1 Å². The van der Waals surface area contributed by atoms with Crippen LogP contribution in [0.1, 0.15) is 33.2 Å². The first-order chi connectivity index (χ1) is 10.0. The molecule has 1 N–H and O–H groups in total. The van der Waals surface area contributed by atoms with Crippen molar-refractivity contribution in [3.63, 3.8) is 0 Å². The third kappa shape index (κ3) is 3.68. The molecule has 2 heterocycles. The molecule has 2 aromatic rings. The molecule has 0 unspecified atom stereocenters. The maximum Gasteiger partial charge on any atom is 0.258 e. The molecular formula is C14H18F2N4O. The average molecular weight is 296 g/mol. The summed E-state index contributed by atoms with van der Waals surface area (Å²) in [5.41, 5.74) is 0. The van der Waals surface area contributed by atoms with E-state index in [0.717, 1.165) is 12.5 Å². The lowest BCUT2D eigenvalue weighted by Crippen LogP contribution is -2.06. The van der Waals surface area contributed by atoms with Gasteiger partial charge in [-0.3, -0.25) is 4.68 Å². The molecule has 0 aliphatic heterocycles. The van der Waals surface area contributed by atoms with E-state index in [1.54, 1.807) is 10.9 Å². The molecule has 0 bridgehead atoms. The molecule has 2 aromatic heterocycles. The second-order valence-electron chi connectivity index (χ2n) is 4.88. The molecule has 0 aliphatic rings. The minimum atomic E-state index is -0.855. The number of rotatable bonds is 6. The highest BCUT2D eigenvalue weighted by Gasteiger charge is 2.14. The van der Waals surface area contributed by atoms with Crippen molar-refractivity contribution in [2.45, 2.75) is 33.2 Å². The Balaban J connectivity index is 2.21. The summed E-state index contributed by atoms with van der Waals surface area (Å²) in [6, 6.07) is 0.919. The molecular weight excluding hydrogens is 278 g/mol. The van der Waals surface area contributed by atoms with Gasteiger partial charge in [0.15, 0.2) is 23.2 Å². The summed E-state index contributed by atoms with van der Waals surface area (Å²) in [5.74, 6) is -1.55. The number of nitrogens with zero attached hydrogens (tertiary/aromatic N) is 3. The van der Waals surface area contributed by atoms with Gasteiger partial charge >= 0.3 is 0 Å². The van der Waals surface area contributed by atoms with E-state index in [4.69, 9.17) is 4.74 Å². The number of nitrogens with one attached hydrogen (secondary N) is 1. The minimum absolute atomic E-state index is 0.0236. The van der Waals surface area contributed by atoms with Gasteiger partial charge in [-0.15, -0.1) is 0 Å². The Bertz CT molecular complexity index is 613. The quantitative estimate of drug-likeness (QED) is 0.882. The van der Waals surface area contributed by atoms with Crippen LogP contribution in [0.4, 0.5) is 14.6 Å². The van der Waals surface area contributed by atoms with Crippen molar-refractivity contribution in [1.29, 1.82) is 0 Å². The third-order valence-corrected chi connectivity index (χ3v) is 2.76. The molecule has 0 aromatic carbocycles. The smallest absolute Gasteiger partial charge is 0.258 e. The topological polar surface area (TPSA) is 52.0 Å². The van der Waals surface area contributed by atoms with Crippen LogP contribution in [-0.2, 0) is 0 Å². The highest BCUT2D eigenvalue weighted by molar-refractivity contribution is 5.40. The first-order valence-corrected chi connectivity index (χ1v) is 6.83. The summed E-state index contributed by atoms with van der Waals surface area (Å²) in [7, 11) is 0. The Kier molecular flexibility index (Phi) is 4.72. The minimum Gasteiger partial charge on any atom is -0.433 e. The van der Waals surface area contributed by atoms with Crippen LogP contribution in [-0.4, -0.2) is 21.3 Å². The number of hydrogen-bond donors (Lipinski definition) is 1. The van der Waals surface area contributed by atoms with Crippen LogP contribution in [0, 0.1) is 11.6 Å². The molecule has 0 radical (unpaired) electrons. The Morgan fingerprint density at radius 1 is 1.33 bits per heavy atom. The van der Waals surface area contributed by atoms with Crippen molar-refractivity contribution in [1.82, 2.24) is 14.8 Å². The Labute approximate surface area is 121 Å². The van der Waals surface area contributed by atoms with Gasteiger partial charge in [0.25, 0.3) is 5.88 Å². The van der Waals surface area contributed by atoms with E-state index in [0.29, 0.717) is 12.3 Å². The zero-order valence-electron chi connectivity index (χ0n) is 12.2. The van der Waals surface area contributed by atoms with Gasteiger partial charge in [0.2, 0.25) is 0 Å². The van der Waals surface area contributed by atoms with E-state index in [-0.39, 0.29) is 17.7 Å². The number of pyridine rings is 1. The Morgan fingerprint density at radius 2 is 2.10 bits per heavy atom. The maximum atomic E-state index is 13.7. The van der Waals surface area contributed by atoms with Crippen LogP contribution in [0.25, 0.3) is 0 Å². The van der Waals surface area contributed by atoms with Crippen LogP contribution in [0.15, 0.2) is 18.5 Å². The lowest BCUT2D eigenvalue weighted by molar-refractivity contribution is 0.416. The van der Waals surface area contributed by atoms with E-state index in [1.165, 1.54) is 6.20 Å². The molecule has 0 spiro atoms. The number of anilines is 1. The van der Waals surface area contributed by atoms with Gasteiger partial charge in [0.1, 0.15) is 0 Å². The van der Waals surface area contributed by atoms with E-state index < -0.39 is 11.6 Å². The molecule has 5 nitrogen and oxygen atoms in total. The van der Waals surface area contributed by atoms with Gasteiger partial charge in [-0.25, -0.2) is 8.78 Å². The Hall–Kier alpha value is -2.18. The van der Waals surface area contributed by atoms with Gasteiger partial charge in [0.05, 0.1) is 12.4 Å². The predicted molar refractivity (Wildman–Crippen MR) is 75.6 cm³/mol. The van der Waals surface area contributed by atoms with E-state index in [9.17, 15) is 8.78 Å². The molecule has 0 aliphatic carbocycles. The summed E-state index contributed by atoms with van der Waals surface area (Å²) in [5, 5.41) is 6.87. The largest absolute Gasteiger partial charge is 0.433 e. The SMILES string of the molecule is CCCNc1nc(Oc2cnn(C(C)C)c2)c(F)cc1F. The molecule has 0 saturated heterocycles. The zero-order valence-corrected chi connectivity index (χ0v) is 12.2. The van der Waals surface area contributed by atoms with E-state index >= 15 is 0 Å². The normalized spacial score (nSPS) is 11.0. The van der Waals surface area contributed by atoms with Crippen LogP contribution in [0.2, 0.25) is 0 Å². The second-order valence-corrected chi connectivity index (χ2v) is 4.88. The summed E-state index contributed by atoms with van der Waals surface area (Å²) < 4.78 is 34.3. The molecule has 0 fully saturated rings. The fourth-order valence-electron chi connectivity index (χ4n) is 1.66. The van der Waals surface area contributed by atoms with Crippen molar-refractivity contribution in [3.05, 3.63) is 30.1 Å². The van der Waals surface area contributed by atoms with Crippen LogP contribution in [0.3, 0.4) is 0 Å². The zero-order chi connectivity index (χ0) is 15.4. The van der Waals surface area contributed by atoms with Crippen molar-refractivity contribution in [3.8, 4) is 11.6 Å². The van der Waals surface area contributed by atoms with Gasteiger partial charge in [-0.05, 0) is 20.3 Å². The van der Waals surface area contributed by atoms with E-state index in [2.05, 4.69) is 15.4 Å². The molecule has 0 amide bonds. The molecule has 0 atom stereocenters. The molecule has 114 valence electrons. The monoisotopic (exact) mass is 296 g/mol. The summed E-state index contributed by atoms with van der Waals surface area (Å²) in [6.45, 7) is 6.40. The fraction of sp³-hybridized carbons (Fsp3) is 0.429. The van der Waals surface area contributed by atoms with Crippen molar-refractivity contribution in [2.75, 3.05) is 11.9 Å². The maximum absolute atomic E-state index is 13.7. The van der Waals surface area contributed by atoms with Crippen molar-refractivity contribution >= 4 is 5.82 Å². The highest BCUT2D eigenvalue weighted by atomic mass is 19.1. The lowest BCUT2D eigenvalue weighted by atomic mass is 10.4. The third-order valence-electron chi connectivity index (χ3n) is 2.76. The molecule has 2 rings (SSSR count). The number of ether oxygens (including phenoxy) is 1. The standard InChI is InChI=1S/C14H18F2N4O/c1-4-5-17-13-11(15)6-12(16)14(19-13)21-10-7-18-20(8-10)9(2)3/h6-9H,4-5H2,1-3H3,(H,17,19). The Morgan fingerprint density at radius 3 is 2.71 bits per heavy atom. The predicted octanol–water partition coefficient (Wildman–Crippen LogP) is 3.75. The lowest BCUT2D eigenvalue weighted by Gasteiger charge is -2.09. The van der Waals surface area contributed by atoms with Crippen LogP contribution >= 0.6 is 0 Å². The van der Waals surface area contributed by atoms with Crippen LogP contribution < -0.4 is 10.1 Å². The highest BCUT2D eigenvalue weighted by Crippen LogP contribution is 2.26. The van der Waals surface area contributed by atoms with Gasteiger partial charge < -0.3 is 10.1 Å². The first kappa shape index (κ1) is 15.2. The van der Waals surface area contributed by atoms with Crippen LogP contribution in [0.5, 0.6) is 11.6 Å². The summed E-state index contributed by atoms with van der Waals surface area (Å²) in [6.07, 6.45) is 3.90. The first-order valence-electron chi connectivity index (χ1n) is 6.83. The molecule has 0 saturated carbocycles. The molecule has 21 heavy (non-hydrogen) atoms. The van der Waals surface area contributed by atoms with Gasteiger partial charge in [-0.1, -0.05) is 6.92 Å². The fourth-order valence-corrected chi connectivity index (χ4v) is 1.66. The van der Waals surface area contributed by atoms with Crippen molar-refractivity contribution in [2.24, 2.45) is 0 Å². The van der Waals surface area contributed by atoms with E-state index in [1.807, 2.05) is 20.8 Å². The summed E-state index contributed by atoms with van der Waals surface area (Å²) >= 11 is 0. The molecule has 7 heteroatoms. The number of hydrogen-bond acceptors (Lipinski definition) is 4. The van der Waals surface area contributed by atoms with Crippen molar-refractivity contribution < 1.29 is 13.5 Å². The number of halogens is 2. The summed E-state index contributed by atoms with van der Waals surface area (Å²) in [4.78, 5) is 3.84. The van der Waals surface area contributed by atoms with Gasteiger partial charge in [0, 0.05) is 18.7 Å².